The van der Waals surface area contributed by atoms with Gasteiger partial charge in [-0.05, 0) is 30.8 Å². The predicted molar refractivity (Wildman–Crippen MR) is 55.5 cm³/mol. The molecule has 0 radical (unpaired) electrons. The summed E-state index contributed by atoms with van der Waals surface area (Å²) >= 11 is 0. The first-order chi connectivity index (χ1) is 5.80. The van der Waals surface area contributed by atoms with Crippen molar-refractivity contribution in [2.24, 2.45) is 17.3 Å². The number of carbonyl (C=O) groups is 1. The number of hydrogen-bond donors (Lipinski definition) is 0. The zero-order valence-corrected chi connectivity index (χ0v) is 9.56. The molecule has 0 aromatic heterocycles. The molecule has 0 spiro atoms. The Bertz CT molecular complexity index is 271. The van der Waals surface area contributed by atoms with Gasteiger partial charge in [0.2, 0.25) is 0 Å². The molecule has 0 heterocycles. The average Bonchev–Trinajstić information content (AvgIpc) is 2.09. The fraction of sp³-hybridized carbons (Fsp3) is 0.750. The maximum Gasteiger partial charge on any atom is 0.161 e. The Morgan fingerprint density at radius 3 is 2.00 bits per heavy atom. The van der Waals surface area contributed by atoms with Crippen LogP contribution in [-0.4, -0.2) is 5.78 Å². The van der Waals surface area contributed by atoms with Crippen molar-refractivity contribution in [3.05, 3.63) is 11.1 Å². The molecule has 0 aromatic rings. The van der Waals surface area contributed by atoms with E-state index in [4.69, 9.17) is 0 Å². The molecule has 0 aliphatic heterocycles. The molecule has 0 N–H and O–H groups in total. The van der Waals surface area contributed by atoms with Crippen LogP contribution < -0.4 is 0 Å². The van der Waals surface area contributed by atoms with Gasteiger partial charge in [0.25, 0.3) is 0 Å². The summed E-state index contributed by atoms with van der Waals surface area (Å²) in [6, 6.07) is 0. The third kappa shape index (κ3) is 1.34. The van der Waals surface area contributed by atoms with Gasteiger partial charge in [-0.25, -0.2) is 0 Å². The number of hydrogen-bond acceptors (Lipinski definition) is 1. The van der Waals surface area contributed by atoms with Crippen LogP contribution in [0.3, 0.4) is 0 Å². The highest BCUT2D eigenvalue weighted by atomic mass is 16.1. The normalized spacial score (nSPS) is 33.8. The van der Waals surface area contributed by atoms with Gasteiger partial charge in [0.15, 0.2) is 5.78 Å². The first kappa shape index (κ1) is 10.5. The second kappa shape index (κ2) is 2.97. The molecule has 0 aromatic carbocycles. The van der Waals surface area contributed by atoms with Gasteiger partial charge in [-0.1, -0.05) is 33.3 Å². The Morgan fingerprint density at radius 2 is 1.54 bits per heavy atom. The lowest BCUT2D eigenvalue weighted by Gasteiger charge is -2.42. The van der Waals surface area contributed by atoms with Crippen LogP contribution in [0.15, 0.2) is 11.1 Å². The van der Waals surface area contributed by atoms with E-state index in [1.807, 2.05) is 6.92 Å². The molecule has 1 nitrogen and oxygen atoms in total. The van der Waals surface area contributed by atoms with E-state index in [0.29, 0.717) is 11.7 Å². The second-order valence-corrected chi connectivity index (χ2v) is 4.94. The second-order valence-electron chi connectivity index (χ2n) is 4.94. The van der Waals surface area contributed by atoms with Gasteiger partial charge < -0.3 is 0 Å². The third-order valence-corrected chi connectivity index (χ3v) is 4.24. The van der Waals surface area contributed by atoms with Gasteiger partial charge in [-0.3, -0.25) is 4.79 Å². The third-order valence-electron chi connectivity index (χ3n) is 4.24. The Kier molecular flexibility index (Phi) is 2.40. The van der Waals surface area contributed by atoms with Crippen molar-refractivity contribution in [3.8, 4) is 0 Å². The largest absolute Gasteiger partial charge is 0.294 e. The van der Waals surface area contributed by atoms with Crippen molar-refractivity contribution in [3.63, 3.8) is 0 Å². The topological polar surface area (TPSA) is 17.1 Å². The molecular formula is C12H20O. The summed E-state index contributed by atoms with van der Waals surface area (Å²) in [4.78, 5) is 11.8. The van der Waals surface area contributed by atoms with E-state index in [-0.39, 0.29) is 11.3 Å². The summed E-state index contributed by atoms with van der Waals surface area (Å²) in [5.74, 6) is 1.01. The number of ketones is 1. The van der Waals surface area contributed by atoms with Crippen LogP contribution in [-0.2, 0) is 4.79 Å². The minimum absolute atomic E-state index is 0.112. The molecule has 13 heavy (non-hydrogen) atoms. The van der Waals surface area contributed by atoms with E-state index in [2.05, 4.69) is 34.6 Å². The van der Waals surface area contributed by atoms with Crippen LogP contribution in [0, 0.1) is 17.3 Å². The van der Waals surface area contributed by atoms with Gasteiger partial charge >= 0.3 is 0 Å². The molecule has 0 saturated heterocycles. The first-order valence-electron chi connectivity index (χ1n) is 5.01. The molecule has 0 saturated carbocycles. The smallest absolute Gasteiger partial charge is 0.161 e. The molecule has 74 valence electrons. The molecule has 1 rings (SSSR count). The lowest BCUT2D eigenvalue weighted by Crippen LogP contribution is -2.40. The summed E-state index contributed by atoms with van der Waals surface area (Å²) < 4.78 is 0. The van der Waals surface area contributed by atoms with Crippen LogP contribution in [0.2, 0.25) is 0 Å². The van der Waals surface area contributed by atoms with Gasteiger partial charge in [0, 0.05) is 5.92 Å². The first-order valence-corrected chi connectivity index (χ1v) is 5.01. The monoisotopic (exact) mass is 180 g/mol. The number of rotatable bonds is 0. The van der Waals surface area contributed by atoms with Crippen LogP contribution in [0.1, 0.15) is 41.5 Å². The zero-order valence-electron chi connectivity index (χ0n) is 9.56. The van der Waals surface area contributed by atoms with Crippen LogP contribution in [0.25, 0.3) is 0 Å². The quantitative estimate of drug-likeness (QED) is 0.559. The number of Topliss-reactive ketones (excluding diaryl/α,β-unsaturated/α-hetero) is 1. The summed E-state index contributed by atoms with van der Waals surface area (Å²) in [5.41, 5.74) is 2.37. The molecule has 1 heteroatoms. The highest BCUT2D eigenvalue weighted by molar-refractivity contribution is 5.98. The van der Waals surface area contributed by atoms with E-state index < -0.39 is 0 Å². The Labute approximate surface area is 81.2 Å². The van der Waals surface area contributed by atoms with Gasteiger partial charge in [-0.2, -0.15) is 0 Å². The molecule has 1 aliphatic rings. The minimum atomic E-state index is 0.112. The maximum atomic E-state index is 11.8. The van der Waals surface area contributed by atoms with Crippen molar-refractivity contribution in [2.45, 2.75) is 41.5 Å². The van der Waals surface area contributed by atoms with Crippen molar-refractivity contribution < 1.29 is 4.79 Å². The van der Waals surface area contributed by atoms with E-state index in [1.165, 1.54) is 5.57 Å². The lowest BCUT2D eigenvalue weighted by atomic mass is 9.61. The molecule has 1 aliphatic carbocycles. The van der Waals surface area contributed by atoms with Gasteiger partial charge in [0.05, 0.1) is 0 Å². The molecular weight excluding hydrogens is 160 g/mol. The average molecular weight is 180 g/mol. The SMILES string of the molecule is CC1=C(C)C(C)C(C)(C)C(C)C1=O. The molecule has 2 unspecified atom stereocenters. The van der Waals surface area contributed by atoms with Crippen LogP contribution >= 0.6 is 0 Å². The molecule has 0 bridgehead atoms. The fourth-order valence-electron chi connectivity index (χ4n) is 2.11. The Hall–Kier alpha value is -0.590. The number of carbonyl (C=O) groups excluding carboxylic acids is 1. The van der Waals surface area contributed by atoms with Crippen molar-refractivity contribution >= 4 is 5.78 Å². The van der Waals surface area contributed by atoms with Gasteiger partial charge in [-0.15, -0.1) is 0 Å². The standard InChI is InChI=1S/C12H20O/c1-7-8(2)11(13)10(4)12(5,6)9(7)3/h9-10H,1-6H3. The summed E-state index contributed by atoms with van der Waals surface area (Å²) in [7, 11) is 0. The van der Waals surface area contributed by atoms with Crippen molar-refractivity contribution in [2.75, 3.05) is 0 Å². The summed E-state index contributed by atoms with van der Waals surface area (Å²) in [6.07, 6.45) is 0. The highest BCUT2D eigenvalue weighted by Gasteiger charge is 2.41. The molecule has 0 fully saturated rings. The molecule has 2 atom stereocenters. The summed E-state index contributed by atoms with van der Waals surface area (Å²) in [5, 5.41) is 0. The van der Waals surface area contributed by atoms with E-state index in [1.54, 1.807) is 0 Å². The van der Waals surface area contributed by atoms with Crippen LogP contribution in [0.4, 0.5) is 0 Å². The van der Waals surface area contributed by atoms with E-state index >= 15 is 0 Å². The van der Waals surface area contributed by atoms with Crippen LogP contribution in [0.5, 0.6) is 0 Å². The highest BCUT2D eigenvalue weighted by Crippen LogP contribution is 2.45. The zero-order chi connectivity index (χ0) is 10.4. The Balaban J connectivity index is 3.23. The van der Waals surface area contributed by atoms with E-state index in [0.717, 1.165) is 5.57 Å². The minimum Gasteiger partial charge on any atom is -0.294 e. The van der Waals surface area contributed by atoms with E-state index in [9.17, 15) is 4.79 Å². The number of allylic oxidation sites excluding steroid dienone is 2. The summed E-state index contributed by atoms with van der Waals surface area (Å²) in [6.45, 7) is 12.7. The Morgan fingerprint density at radius 1 is 1.08 bits per heavy atom. The van der Waals surface area contributed by atoms with Crippen molar-refractivity contribution in [1.29, 1.82) is 0 Å². The van der Waals surface area contributed by atoms with Gasteiger partial charge in [0.1, 0.15) is 0 Å². The maximum absolute atomic E-state index is 11.8. The predicted octanol–water partition coefficient (Wildman–Crippen LogP) is 3.20. The lowest BCUT2D eigenvalue weighted by molar-refractivity contribution is -0.124. The molecule has 0 amide bonds. The van der Waals surface area contributed by atoms with Crippen molar-refractivity contribution in [1.82, 2.24) is 0 Å². The fourth-order valence-corrected chi connectivity index (χ4v) is 2.11.